The van der Waals surface area contributed by atoms with Gasteiger partial charge < -0.3 is 5.11 Å². The molecule has 0 bridgehead atoms. The van der Waals surface area contributed by atoms with Gasteiger partial charge in [0.2, 0.25) is 0 Å². The van der Waals surface area contributed by atoms with E-state index in [4.69, 9.17) is 0 Å². The average molecular weight is 294 g/mol. The van der Waals surface area contributed by atoms with Crippen LogP contribution in [-0.2, 0) is 0 Å². The van der Waals surface area contributed by atoms with Crippen molar-refractivity contribution in [1.29, 1.82) is 0 Å². The lowest BCUT2D eigenvalue weighted by Gasteiger charge is -2.09. The topological polar surface area (TPSA) is 37.3 Å². The summed E-state index contributed by atoms with van der Waals surface area (Å²) in [6.07, 6.45) is 1.82. The maximum Gasteiger partial charge on any atom is 0.337 e. The van der Waals surface area contributed by atoms with E-state index in [1.54, 1.807) is 36.4 Å². The van der Waals surface area contributed by atoms with Crippen LogP contribution in [0.25, 0.3) is 0 Å². The van der Waals surface area contributed by atoms with Gasteiger partial charge in [0, 0.05) is 14.7 Å². The lowest BCUT2D eigenvalue weighted by Crippen LogP contribution is -2.01. The summed E-state index contributed by atoms with van der Waals surface area (Å²) in [5.74, 6) is -1.35. The van der Waals surface area contributed by atoms with E-state index in [0.29, 0.717) is 14.7 Å². The zero-order valence-electron chi connectivity index (χ0n) is 10.1. The molecule has 0 aliphatic carbocycles. The normalized spacial score (nSPS) is 10.4. The van der Waals surface area contributed by atoms with E-state index in [9.17, 15) is 14.3 Å². The molecule has 19 heavy (non-hydrogen) atoms. The largest absolute Gasteiger partial charge is 0.478 e. The Morgan fingerprint density at radius 1 is 1.05 bits per heavy atom. The number of benzene rings is 2. The van der Waals surface area contributed by atoms with Crippen LogP contribution in [0, 0.1) is 5.82 Å². The molecule has 0 unspecified atom stereocenters. The third kappa shape index (κ3) is 3.11. The van der Waals surface area contributed by atoms with E-state index in [0.717, 1.165) is 11.8 Å². The number of halogens is 1. The second-order valence-electron chi connectivity index (χ2n) is 3.67. The van der Waals surface area contributed by atoms with Gasteiger partial charge in [0.05, 0.1) is 5.56 Å². The highest BCUT2D eigenvalue weighted by molar-refractivity contribution is 8.00. The SMILES string of the molecule is CSc1cccc(Sc2ccccc2F)c1C(=O)O. The van der Waals surface area contributed by atoms with E-state index in [-0.39, 0.29) is 11.4 Å². The predicted octanol–water partition coefficient (Wildman–Crippen LogP) is 4.40. The molecule has 0 aliphatic heterocycles. The minimum atomic E-state index is -0.996. The zero-order valence-corrected chi connectivity index (χ0v) is 11.7. The van der Waals surface area contributed by atoms with Gasteiger partial charge in [0.1, 0.15) is 5.82 Å². The first-order valence-corrected chi connectivity index (χ1v) is 7.50. The molecule has 0 amide bonds. The summed E-state index contributed by atoms with van der Waals surface area (Å²) in [5.41, 5.74) is 0.225. The van der Waals surface area contributed by atoms with Crippen molar-refractivity contribution in [2.45, 2.75) is 14.7 Å². The highest BCUT2D eigenvalue weighted by Crippen LogP contribution is 2.35. The summed E-state index contributed by atoms with van der Waals surface area (Å²) in [7, 11) is 0. The number of hydrogen-bond acceptors (Lipinski definition) is 3. The van der Waals surface area contributed by atoms with E-state index in [1.807, 2.05) is 6.26 Å². The molecule has 0 saturated heterocycles. The maximum atomic E-state index is 13.6. The van der Waals surface area contributed by atoms with Crippen LogP contribution in [0.1, 0.15) is 10.4 Å². The smallest absolute Gasteiger partial charge is 0.337 e. The highest BCUT2D eigenvalue weighted by Gasteiger charge is 2.16. The number of carboxylic acids is 1. The second-order valence-corrected chi connectivity index (χ2v) is 5.60. The molecule has 0 spiro atoms. The molecule has 0 saturated carbocycles. The van der Waals surface area contributed by atoms with Gasteiger partial charge in [-0.15, -0.1) is 11.8 Å². The standard InChI is InChI=1S/C14H11FO2S2/c1-18-11-7-4-8-12(13(11)14(16)17)19-10-6-3-2-5-9(10)15/h2-8H,1H3,(H,16,17). The Morgan fingerprint density at radius 3 is 2.32 bits per heavy atom. The van der Waals surface area contributed by atoms with Gasteiger partial charge >= 0.3 is 5.97 Å². The summed E-state index contributed by atoms with van der Waals surface area (Å²) in [6.45, 7) is 0. The summed E-state index contributed by atoms with van der Waals surface area (Å²) in [4.78, 5) is 13.0. The molecule has 0 aromatic heterocycles. The number of carboxylic acid groups (broad SMARTS) is 1. The Kier molecular flexibility index (Phi) is 4.50. The lowest BCUT2D eigenvalue weighted by atomic mass is 10.2. The van der Waals surface area contributed by atoms with Gasteiger partial charge in [0.25, 0.3) is 0 Å². The van der Waals surface area contributed by atoms with Crippen molar-refractivity contribution in [2.75, 3.05) is 6.26 Å². The molecule has 98 valence electrons. The fourth-order valence-electron chi connectivity index (χ4n) is 1.62. The van der Waals surface area contributed by atoms with Crippen molar-refractivity contribution in [3.05, 3.63) is 53.8 Å². The summed E-state index contributed by atoms with van der Waals surface area (Å²) < 4.78 is 13.6. The number of thioether (sulfide) groups is 1. The van der Waals surface area contributed by atoms with Crippen LogP contribution >= 0.6 is 23.5 Å². The Bertz CT molecular complexity index is 614. The molecule has 0 radical (unpaired) electrons. The molecule has 1 N–H and O–H groups in total. The van der Waals surface area contributed by atoms with Gasteiger partial charge in [-0.1, -0.05) is 30.0 Å². The first kappa shape index (κ1) is 14.0. The Labute approximate surface area is 119 Å². The van der Waals surface area contributed by atoms with Crippen LogP contribution in [0.2, 0.25) is 0 Å². The second kappa shape index (κ2) is 6.12. The molecule has 2 aromatic rings. The van der Waals surface area contributed by atoms with E-state index < -0.39 is 5.97 Å². The van der Waals surface area contributed by atoms with Gasteiger partial charge in [-0.3, -0.25) is 0 Å². The van der Waals surface area contributed by atoms with Crippen molar-refractivity contribution < 1.29 is 14.3 Å². The molecule has 5 heteroatoms. The highest BCUT2D eigenvalue weighted by atomic mass is 32.2. The lowest BCUT2D eigenvalue weighted by molar-refractivity contribution is 0.0689. The first-order chi connectivity index (χ1) is 9.13. The summed E-state index contributed by atoms with van der Waals surface area (Å²) >= 11 is 2.49. The Morgan fingerprint density at radius 2 is 1.68 bits per heavy atom. The average Bonchev–Trinajstić information content (AvgIpc) is 2.40. The minimum Gasteiger partial charge on any atom is -0.478 e. The Balaban J connectivity index is 2.46. The third-order valence-electron chi connectivity index (χ3n) is 2.48. The third-order valence-corrected chi connectivity index (χ3v) is 4.37. The minimum absolute atomic E-state index is 0.225. The number of rotatable bonds is 4. The van der Waals surface area contributed by atoms with Crippen LogP contribution in [0.5, 0.6) is 0 Å². The molecule has 0 fully saturated rings. The van der Waals surface area contributed by atoms with Crippen LogP contribution < -0.4 is 0 Å². The van der Waals surface area contributed by atoms with Crippen LogP contribution in [0.15, 0.2) is 57.2 Å². The fraction of sp³-hybridized carbons (Fsp3) is 0.0714. The molecule has 2 nitrogen and oxygen atoms in total. The molecule has 0 heterocycles. The molecule has 2 aromatic carbocycles. The molecular weight excluding hydrogens is 283 g/mol. The molecule has 2 rings (SSSR count). The van der Waals surface area contributed by atoms with Crippen molar-refractivity contribution in [3.8, 4) is 0 Å². The number of aromatic carboxylic acids is 1. The number of hydrogen-bond donors (Lipinski definition) is 1. The molecule has 0 aliphatic rings. The molecule has 0 atom stereocenters. The van der Waals surface area contributed by atoms with E-state index in [2.05, 4.69) is 0 Å². The van der Waals surface area contributed by atoms with Gasteiger partial charge in [0.15, 0.2) is 0 Å². The molecular formula is C14H11FO2S2. The van der Waals surface area contributed by atoms with Crippen LogP contribution in [-0.4, -0.2) is 17.3 Å². The van der Waals surface area contributed by atoms with Crippen molar-refractivity contribution in [2.24, 2.45) is 0 Å². The maximum absolute atomic E-state index is 13.6. The van der Waals surface area contributed by atoms with Crippen molar-refractivity contribution in [1.82, 2.24) is 0 Å². The quantitative estimate of drug-likeness (QED) is 0.848. The zero-order chi connectivity index (χ0) is 13.8. The fourth-order valence-corrected chi connectivity index (χ4v) is 3.30. The van der Waals surface area contributed by atoms with Crippen LogP contribution in [0.3, 0.4) is 0 Å². The van der Waals surface area contributed by atoms with Gasteiger partial charge in [-0.05, 0) is 30.5 Å². The van der Waals surface area contributed by atoms with E-state index >= 15 is 0 Å². The van der Waals surface area contributed by atoms with Gasteiger partial charge in [-0.2, -0.15) is 0 Å². The number of carbonyl (C=O) groups is 1. The van der Waals surface area contributed by atoms with Crippen LogP contribution in [0.4, 0.5) is 4.39 Å². The summed E-state index contributed by atoms with van der Waals surface area (Å²) in [5, 5.41) is 9.30. The first-order valence-electron chi connectivity index (χ1n) is 5.46. The van der Waals surface area contributed by atoms with Gasteiger partial charge in [-0.25, -0.2) is 9.18 Å². The van der Waals surface area contributed by atoms with Crippen molar-refractivity contribution in [3.63, 3.8) is 0 Å². The predicted molar refractivity (Wildman–Crippen MR) is 75.7 cm³/mol. The monoisotopic (exact) mass is 294 g/mol. The summed E-state index contributed by atoms with van der Waals surface area (Å²) in [6, 6.07) is 11.6. The Hall–Kier alpha value is -1.46. The van der Waals surface area contributed by atoms with Crippen molar-refractivity contribution >= 4 is 29.5 Å². The van der Waals surface area contributed by atoms with E-state index in [1.165, 1.54) is 17.8 Å².